The highest BCUT2D eigenvalue weighted by molar-refractivity contribution is 6.31. The summed E-state index contributed by atoms with van der Waals surface area (Å²) in [4.78, 5) is 24.1. The smallest absolute Gasteiger partial charge is 0.169 e. The van der Waals surface area contributed by atoms with Crippen LogP contribution in [-0.2, 0) is 6.42 Å². The summed E-state index contributed by atoms with van der Waals surface area (Å²) in [6.07, 6.45) is 5.41. The number of benzene rings is 1. The van der Waals surface area contributed by atoms with E-state index < -0.39 is 5.82 Å². The van der Waals surface area contributed by atoms with E-state index in [0.717, 1.165) is 6.07 Å². The number of ketones is 1. The van der Waals surface area contributed by atoms with Crippen LogP contribution >= 0.6 is 23.2 Å². The molecule has 3 aromatic rings. The molecule has 5 nitrogen and oxygen atoms in total. The van der Waals surface area contributed by atoms with Crippen molar-refractivity contribution in [2.24, 2.45) is 0 Å². The lowest BCUT2D eigenvalue weighted by Gasteiger charge is -2.08. The Hall–Kier alpha value is -2.57. The lowest BCUT2D eigenvalue weighted by molar-refractivity contribution is 0.0991. The molecule has 2 aromatic heterocycles. The third-order valence-electron chi connectivity index (χ3n) is 3.17. The molecule has 0 unspecified atom stereocenters. The fraction of sp³-hybridized carbons (Fsp3) is 0.0588. The molecule has 0 spiro atoms. The highest BCUT2D eigenvalue weighted by Crippen LogP contribution is 2.26. The van der Waals surface area contributed by atoms with Gasteiger partial charge in [0.1, 0.15) is 17.9 Å². The van der Waals surface area contributed by atoms with Gasteiger partial charge in [-0.25, -0.2) is 14.4 Å². The fourth-order valence-corrected chi connectivity index (χ4v) is 2.40. The highest BCUT2D eigenvalue weighted by Gasteiger charge is 2.13. The molecule has 0 fully saturated rings. The topological polar surface area (TPSA) is 65.0 Å². The Morgan fingerprint density at radius 3 is 2.52 bits per heavy atom. The van der Waals surface area contributed by atoms with E-state index in [1.807, 2.05) is 0 Å². The summed E-state index contributed by atoms with van der Waals surface area (Å²) in [6.45, 7) is 0. The summed E-state index contributed by atoms with van der Waals surface area (Å²) in [6, 6.07) is 5.73. The van der Waals surface area contributed by atoms with Crippen LogP contribution in [-0.4, -0.2) is 20.7 Å². The van der Waals surface area contributed by atoms with Gasteiger partial charge in [-0.15, -0.1) is 0 Å². The van der Waals surface area contributed by atoms with Gasteiger partial charge in [0, 0.05) is 16.8 Å². The van der Waals surface area contributed by atoms with Crippen molar-refractivity contribution in [1.82, 2.24) is 15.0 Å². The molecule has 0 radical (unpaired) electrons. The monoisotopic (exact) mass is 377 g/mol. The maximum atomic E-state index is 13.5. The van der Waals surface area contributed by atoms with E-state index in [2.05, 4.69) is 15.0 Å². The molecule has 0 aliphatic carbocycles. The maximum absolute atomic E-state index is 13.5. The summed E-state index contributed by atoms with van der Waals surface area (Å²) >= 11 is 11.6. The molecule has 1 aromatic carbocycles. The molecule has 3 rings (SSSR count). The second-order valence-electron chi connectivity index (χ2n) is 5.04. The van der Waals surface area contributed by atoms with Crippen molar-refractivity contribution in [1.29, 1.82) is 0 Å². The Bertz CT molecular complexity index is 923. The van der Waals surface area contributed by atoms with Crippen LogP contribution in [0, 0.1) is 5.82 Å². The van der Waals surface area contributed by atoms with Crippen molar-refractivity contribution in [3.8, 4) is 11.5 Å². The molecular weight excluding hydrogens is 368 g/mol. The second kappa shape index (κ2) is 7.55. The van der Waals surface area contributed by atoms with Crippen LogP contribution in [0.15, 0.2) is 49.2 Å². The number of carbonyl (C=O) groups is 1. The van der Waals surface area contributed by atoms with Gasteiger partial charge in [-0.3, -0.25) is 9.78 Å². The summed E-state index contributed by atoms with van der Waals surface area (Å²) in [5.74, 6) is -0.143. The first-order chi connectivity index (χ1) is 12.0. The first-order valence-corrected chi connectivity index (χ1v) is 7.83. The van der Waals surface area contributed by atoms with Crippen LogP contribution in [0.1, 0.15) is 16.1 Å². The number of Topliss-reactive ketones (excluding diaryl/α,β-unsaturated/α-hetero) is 1. The maximum Gasteiger partial charge on any atom is 0.169 e. The van der Waals surface area contributed by atoms with E-state index in [1.165, 1.54) is 37.1 Å². The zero-order valence-corrected chi connectivity index (χ0v) is 14.1. The highest BCUT2D eigenvalue weighted by atomic mass is 35.5. The van der Waals surface area contributed by atoms with Crippen LogP contribution in [0.4, 0.5) is 4.39 Å². The minimum Gasteiger partial charge on any atom is -0.454 e. The van der Waals surface area contributed by atoms with E-state index in [4.69, 9.17) is 27.9 Å². The molecule has 8 heteroatoms. The SMILES string of the molecule is O=C(Cc1cc(F)c(Cl)cn1)c1cc(Cl)cc(Oc2cncnc2)c1. The van der Waals surface area contributed by atoms with Gasteiger partial charge in [-0.05, 0) is 24.3 Å². The third kappa shape index (κ3) is 4.49. The first kappa shape index (κ1) is 17.3. The Balaban J connectivity index is 1.81. The largest absolute Gasteiger partial charge is 0.454 e. The summed E-state index contributed by atoms with van der Waals surface area (Å²) in [7, 11) is 0. The summed E-state index contributed by atoms with van der Waals surface area (Å²) in [5.41, 5.74) is 0.585. The Morgan fingerprint density at radius 1 is 1.04 bits per heavy atom. The van der Waals surface area contributed by atoms with Gasteiger partial charge >= 0.3 is 0 Å². The molecule has 0 N–H and O–H groups in total. The van der Waals surface area contributed by atoms with Crippen molar-refractivity contribution in [2.75, 3.05) is 0 Å². The van der Waals surface area contributed by atoms with Crippen LogP contribution in [0.3, 0.4) is 0 Å². The molecule has 0 atom stereocenters. The van der Waals surface area contributed by atoms with Crippen molar-refractivity contribution in [3.05, 3.63) is 76.3 Å². The number of nitrogens with zero attached hydrogens (tertiary/aromatic N) is 3. The molecule has 126 valence electrons. The number of hydrogen-bond donors (Lipinski definition) is 0. The second-order valence-corrected chi connectivity index (χ2v) is 5.89. The van der Waals surface area contributed by atoms with E-state index in [1.54, 1.807) is 6.07 Å². The number of pyridine rings is 1. The van der Waals surface area contributed by atoms with Gasteiger partial charge in [0.2, 0.25) is 0 Å². The average Bonchev–Trinajstić information content (AvgIpc) is 2.58. The Morgan fingerprint density at radius 2 is 1.80 bits per heavy atom. The van der Waals surface area contributed by atoms with E-state index in [0.29, 0.717) is 22.1 Å². The minimum atomic E-state index is -0.626. The molecule has 25 heavy (non-hydrogen) atoms. The molecule has 0 aliphatic rings. The lowest BCUT2D eigenvalue weighted by Crippen LogP contribution is -2.06. The molecule has 0 saturated heterocycles. The molecular formula is C17H10Cl2FN3O2. The molecule has 0 bridgehead atoms. The van der Waals surface area contributed by atoms with Crippen molar-refractivity contribution >= 4 is 29.0 Å². The van der Waals surface area contributed by atoms with Gasteiger partial charge in [0.15, 0.2) is 11.5 Å². The van der Waals surface area contributed by atoms with Crippen molar-refractivity contribution in [2.45, 2.75) is 6.42 Å². The third-order valence-corrected chi connectivity index (χ3v) is 3.67. The molecule has 2 heterocycles. The normalized spacial score (nSPS) is 10.5. The van der Waals surface area contributed by atoms with Gasteiger partial charge in [-0.1, -0.05) is 23.2 Å². The van der Waals surface area contributed by atoms with E-state index in [9.17, 15) is 9.18 Å². The number of aromatic nitrogens is 3. The average molecular weight is 378 g/mol. The van der Waals surface area contributed by atoms with Gasteiger partial charge < -0.3 is 4.74 Å². The number of hydrogen-bond acceptors (Lipinski definition) is 5. The van der Waals surface area contributed by atoms with Gasteiger partial charge in [0.25, 0.3) is 0 Å². The fourth-order valence-electron chi connectivity index (χ4n) is 2.07. The van der Waals surface area contributed by atoms with Crippen molar-refractivity contribution < 1.29 is 13.9 Å². The van der Waals surface area contributed by atoms with Crippen LogP contribution < -0.4 is 4.74 Å². The summed E-state index contributed by atoms with van der Waals surface area (Å²) in [5, 5.41) is 0.229. The number of carbonyl (C=O) groups excluding carboxylic acids is 1. The van der Waals surface area contributed by atoms with Crippen molar-refractivity contribution in [3.63, 3.8) is 0 Å². The number of rotatable bonds is 5. The van der Waals surface area contributed by atoms with Crippen LogP contribution in [0.5, 0.6) is 11.5 Å². The predicted molar refractivity (Wildman–Crippen MR) is 90.8 cm³/mol. The Kier molecular flexibility index (Phi) is 5.21. The standard InChI is InChI=1S/C17H10Cl2FN3O2/c18-11-1-10(2-13(3-11)25-14-6-21-9-22-7-14)17(24)5-12-4-16(20)15(19)8-23-12/h1-4,6-9H,5H2. The summed E-state index contributed by atoms with van der Waals surface area (Å²) < 4.78 is 19.0. The quantitative estimate of drug-likeness (QED) is 0.610. The van der Waals surface area contributed by atoms with E-state index in [-0.39, 0.29) is 22.9 Å². The zero-order valence-electron chi connectivity index (χ0n) is 12.6. The Labute approximate surface area is 152 Å². The first-order valence-electron chi connectivity index (χ1n) is 7.08. The molecule has 0 amide bonds. The number of ether oxygens (including phenoxy) is 1. The van der Waals surface area contributed by atoms with Gasteiger partial charge in [0.05, 0.1) is 29.5 Å². The number of halogens is 3. The molecule has 0 aliphatic heterocycles. The van der Waals surface area contributed by atoms with E-state index >= 15 is 0 Å². The molecule has 0 saturated carbocycles. The predicted octanol–water partition coefficient (Wildman–Crippen LogP) is 4.54. The van der Waals surface area contributed by atoms with Crippen LogP contribution in [0.25, 0.3) is 0 Å². The van der Waals surface area contributed by atoms with Gasteiger partial charge in [-0.2, -0.15) is 0 Å². The van der Waals surface area contributed by atoms with Crippen LogP contribution in [0.2, 0.25) is 10.0 Å². The zero-order chi connectivity index (χ0) is 17.8. The lowest BCUT2D eigenvalue weighted by atomic mass is 10.1. The minimum absolute atomic E-state index is 0.0949.